The monoisotopic (exact) mass is 363 g/mol. The molecule has 3 rings (SSSR count). The molecule has 0 spiro atoms. The number of carbonyl (C=O) groups is 3. The van der Waals surface area contributed by atoms with Gasteiger partial charge in [-0.2, -0.15) is 0 Å². The Morgan fingerprint density at radius 2 is 1.96 bits per heavy atom. The van der Waals surface area contributed by atoms with Crippen LogP contribution in [0.5, 0.6) is 0 Å². The van der Waals surface area contributed by atoms with E-state index in [-0.39, 0.29) is 29.6 Å². The third kappa shape index (κ3) is 4.45. The number of fused-ring (bicyclic) bond motifs is 1. The van der Waals surface area contributed by atoms with Crippen LogP contribution in [0.1, 0.15) is 67.7 Å². The van der Waals surface area contributed by atoms with Crippen molar-refractivity contribution in [1.82, 2.24) is 9.88 Å². The zero-order valence-corrected chi connectivity index (χ0v) is 15.7. The number of hydrogen-bond acceptors (Lipinski definition) is 5. The van der Waals surface area contributed by atoms with Crippen LogP contribution in [0, 0.1) is 5.41 Å². The maximum Gasteiger partial charge on any atom is 0.245 e. The van der Waals surface area contributed by atoms with Crippen molar-refractivity contribution in [3.63, 3.8) is 0 Å². The second-order valence-electron chi connectivity index (χ2n) is 7.76. The average Bonchev–Trinajstić information content (AvgIpc) is 2.88. The van der Waals surface area contributed by atoms with Crippen LogP contribution in [0.25, 0.3) is 0 Å². The molecule has 7 heteroatoms. The van der Waals surface area contributed by atoms with Gasteiger partial charge in [-0.3, -0.25) is 14.4 Å². The van der Waals surface area contributed by atoms with Crippen molar-refractivity contribution in [3.8, 4) is 0 Å². The zero-order valence-electron chi connectivity index (χ0n) is 14.9. The molecule has 2 amide bonds. The number of likely N-dealkylation sites (tertiary alicyclic amines) is 1. The highest BCUT2D eigenvalue weighted by atomic mass is 32.1. The predicted octanol–water partition coefficient (Wildman–Crippen LogP) is 3.03. The van der Waals surface area contributed by atoms with Crippen molar-refractivity contribution in [2.24, 2.45) is 5.41 Å². The number of thiazole rings is 1. The van der Waals surface area contributed by atoms with Gasteiger partial charge in [-0.1, -0.05) is 38.0 Å². The van der Waals surface area contributed by atoms with E-state index in [0.29, 0.717) is 29.4 Å². The second kappa shape index (κ2) is 7.23. The third-order valence-corrected chi connectivity index (χ3v) is 5.79. The molecule has 1 aliphatic carbocycles. The van der Waals surface area contributed by atoms with Crippen LogP contribution in [-0.4, -0.2) is 40.6 Å². The highest BCUT2D eigenvalue weighted by molar-refractivity contribution is 7.17. The molecule has 1 saturated heterocycles. The lowest BCUT2D eigenvalue weighted by Gasteiger charge is -2.26. The Morgan fingerprint density at radius 3 is 2.76 bits per heavy atom. The molecule has 0 unspecified atom stereocenters. The van der Waals surface area contributed by atoms with Crippen LogP contribution in [0.15, 0.2) is 0 Å². The number of amides is 2. The first-order valence-corrected chi connectivity index (χ1v) is 9.76. The lowest BCUT2D eigenvalue weighted by Crippen LogP contribution is -2.39. The Hall–Kier alpha value is -1.76. The van der Waals surface area contributed by atoms with Gasteiger partial charge in [0.15, 0.2) is 10.9 Å². The summed E-state index contributed by atoms with van der Waals surface area (Å²) in [4.78, 5) is 43.4. The van der Waals surface area contributed by atoms with Crippen molar-refractivity contribution in [2.75, 3.05) is 18.4 Å². The lowest BCUT2D eigenvalue weighted by molar-refractivity contribution is -0.135. The first-order valence-electron chi connectivity index (χ1n) is 8.95. The Kier molecular flexibility index (Phi) is 5.22. The molecule has 2 aliphatic rings. The zero-order chi connectivity index (χ0) is 18.0. The van der Waals surface area contributed by atoms with Gasteiger partial charge in [0, 0.05) is 19.4 Å². The minimum absolute atomic E-state index is 0.0465. The van der Waals surface area contributed by atoms with Crippen molar-refractivity contribution in [2.45, 2.75) is 58.8 Å². The van der Waals surface area contributed by atoms with Gasteiger partial charge in [0.25, 0.3) is 0 Å². The first kappa shape index (κ1) is 18.0. The van der Waals surface area contributed by atoms with E-state index in [1.807, 2.05) is 0 Å². The van der Waals surface area contributed by atoms with Gasteiger partial charge in [0.05, 0.1) is 17.1 Å². The molecule has 0 saturated carbocycles. The van der Waals surface area contributed by atoms with E-state index >= 15 is 0 Å². The summed E-state index contributed by atoms with van der Waals surface area (Å²) in [6.07, 6.45) is 5.79. The number of nitrogens with zero attached hydrogens (tertiary/aromatic N) is 2. The molecule has 0 aromatic carbocycles. The molecule has 6 nitrogen and oxygen atoms in total. The summed E-state index contributed by atoms with van der Waals surface area (Å²) in [6.45, 7) is 4.80. The molecule has 136 valence electrons. The fourth-order valence-corrected chi connectivity index (χ4v) is 4.42. The van der Waals surface area contributed by atoms with Crippen LogP contribution in [-0.2, 0) is 16.0 Å². The topological polar surface area (TPSA) is 79.4 Å². The molecule has 0 atom stereocenters. The Labute approximate surface area is 152 Å². The lowest BCUT2D eigenvalue weighted by atomic mass is 9.78. The van der Waals surface area contributed by atoms with Crippen LogP contribution in [0.4, 0.5) is 5.13 Å². The largest absolute Gasteiger partial charge is 0.333 e. The molecule has 0 bridgehead atoms. The summed E-state index contributed by atoms with van der Waals surface area (Å²) in [5.41, 5.74) is 0.694. The minimum atomic E-state index is -0.244. The average molecular weight is 363 g/mol. The quantitative estimate of drug-likeness (QED) is 0.895. The summed E-state index contributed by atoms with van der Waals surface area (Å²) >= 11 is 1.25. The first-order chi connectivity index (χ1) is 11.8. The van der Waals surface area contributed by atoms with E-state index in [1.54, 1.807) is 4.90 Å². The summed E-state index contributed by atoms with van der Waals surface area (Å²) in [6, 6.07) is 0. The smallest absolute Gasteiger partial charge is 0.245 e. The van der Waals surface area contributed by atoms with E-state index in [2.05, 4.69) is 24.1 Å². The predicted molar refractivity (Wildman–Crippen MR) is 96.8 cm³/mol. The maximum atomic E-state index is 12.3. The number of nitrogens with one attached hydrogen (secondary N) is 1. The summed E-state index contributed by atoms with van der Waals surface area (Å²) in [5, 5.41) is 3.23. The molecule has 25 heavy (non-hydrogen) atoms. The fourth-order valence-electron chi connectivity index (χ4n) is 3.49. The second-order valence-corrected chi connectivity index (χ2v) is 8.76. The molecule has 1 aromatic heterocycles. The molecule has 1 fully saturated rings. The normalized spacial score (nSPS) is 20.6. The van der Waals surface area contributed by atoms with Crippen molar-refractivity contribution < 1.29 is 14.4 Å². The molecular weight excluding hydrogens is 338 g/mol. The summed E-state index contributed by atoms with van der Waals surface area (Å²) in [7, 11) is 0. The van der Waals surface area contributed by atoms with E-state index in [1.165, 1.54) is 11.3 Å². The van der Waals surface area contributed by atoms with Crippen molar-refractivity contribution in [1.29, 1.82) is 0 Å². The standard InChI is InChI=1S/C18H25N3O3S/c1-18(2)9-12-16(13(22)10-18)25-17(19-12)20-14(23)11-21-8-6-4-3-5-7-15(21)24/h3-11H2,1-2H3,(H,19,20,23). The number of carbonyl (C=O) groups excluding carboxylic acids is 3. The number of rotatable bonds is 3. The van der Waals surface area contributed by atoms with Gasteiger partial charge in [0.1, 0.15) is 0 Å². The number of ketones is 1. The molecular formula is C18H25N3O3S. The molecule has 1 aromatic rings. The van der Waals surface area contributed by atoms with Gasteiger partial charge in [-0.15, -0.1) is 0 Å². The minimum Gasteiger partial charge on any atom is -0.333 e. The third-order valence-electron chi connectivity index (χ3n) is 4.74. The van der Waals surface area contributed by atoms with Crippen LogP contribution in [0.3, 0.4) is 0 Å². The molecule has 1 aliphatic heterocycles. The van der Waals surface area contributed by atoms with Crippen molar-refractivity contribution >= 4 is 34.1 Å². The highest BCUT2D eigenvalue weighted by Gasteiger charge is 2.34. The highest BCUT2D eigenvalue weighted by Crippen LogP contribution is 2.38. The summed E-state index contributed by atoms with van der Waals surface area (Å²) in [5.74, 6) is -0.0971. The van der Waals surface area contributed by atoms with E-state index < -0.39 is 0 Å². The van der Waals surface area contributed by atoms with Gasteiger partial charge in [0.2, 0.25) is 11.8 Å². The maximum absolute atomic E-state index is 12.3. The van der Waals surface area contributed by atoms with Gasteiger partial charge in [-0.25, -0.2) is 4.98 Å². The Bertz CT molecular complexity index is 696. The fraction of sp³-hybridized carbons (Fsp3) is 0.667. The van der Waals surface area contributed by atoms with Crippen LogP contribution in [0.2, 0.25) is 0 Å². The Balaban J connectivity index is 1.63. The number of aromatic nitrogens is 1. The Morgan fingerprint density at radius 1 is 1.20 bits per heavy atom. The van der Waals surface area contributed by atoms with Crippen LogP contribution < -0.4 is 5.32 Å². The van der Waals surface area contributed by atoms with Gasteiger partial charge < -0.3 is 10.2 Å². The van der Waals surface area contributed by atoms with Gasteiger partial charge in [-0.05, 0) is 24.7 Å². The van der Waals surface area contributed by atoms with Crippen molar-refractivity contribution in [3.05, 3.63) is 10.6 Å². The number of Topliss-reactive ketones (excluding diaryl/α,β-unsaturated/α-hetero) is 1. The van der Waals surface area contributed by atoms with Crippen LogP contribution >= 0.6 is 11.3 Å². The van der Waals surface area contributed by atoms with E-state index in [9.17, 15) is 14.4 Å². The van der Waals surface area contributed by atoms with E-state index in [0.717, 1.165) is 37.8 Å². The summed E-state index contributed by atoms with van der Waals surface area (Å²) < 4.78 is 0. The molecule has 1 N–H and O–H groups in total. The van der Waals surface area contributed by atoms with Gasteiger partial charge >= 0.3 is 0 Å². The van der Waals surface area contributed by atoms with E-state index in [4.69, 9.17) is 0 Å². The number of hydrogen-bond donors (Lipinski definition) is 1. The SMILES string of the molecule is CC1(C)CC(=O)c2sc(NC(=O)CN3CCCCCCC3=O)nc2C1. The molecule has 0 radical (unpaired) electrons. The number of anilines is 1. The molecule has 2 heterocycles.